The quantitative estimate of drug-likeness (QED) is 0.834. The first kappa shape index (κ1) is 14.3. The molecule has 0 radical (unpaired) electrons. The molecule has 1 saturated carbocycles. The minimum atomic E-state index is 0.128. The molecule has 1 aliphatic rings. The van der Waals surface area contributed by atoms with Crippen molar-refractivity contribution in [2.75, 3.05) is 0 Å². The molecule has 3 rings (SSSR count). The van der Waals surface area contributed by atoms with E-state index in [-0.39, 0.29) is 5.91 Å². The van der Waals surface area contributed by atoms with E-state index in [1.807, 2.05) is 22.4 Å². The third-order valence-electron chi connectivity index (χ3n) is 3.86. The Morgan fingerprint density at radius 2 is 2.05 bits per heavy atom. The van der Waals surface area contributed by atoms with E-state index in [1.54, 1.807) is 17.5 Å². The average molecular weight is 300 g/mol. The SMILES string of the molecule is CC(C)c1ccc(C(=O)N(Cc2nccs2)C2CC2)cc1. The summed E-state index contributed by atoms with van der Waals surface area (Å²) in [4.78, 5) is 19.0. The van der Waals surface area contributed by atoms with E-state index in [2.05, 4.69) is 31.0 Å². The van der Waals surface area contributed by atoms with Crippen LogP contribution in [0.5, 0.6) is 0 Å². The van der Waals surface area contributed by atoms with Crippen LogP contribution in [0.2, 0.25) is 0 Å². The van der Waals surface area contributed by atoms with Gasteiger partial charge >= 0.3 is 0 Å². The zero-order valence-electron chi connectivity index (χ0n) is 12.5. The second-order valence-corrected chi connectivity index (χ2v) is 6.85. The summed E-state index contributed by atoms with van der Waals surface area (Å²) in [6.07, 6.45) is 4.02. The fourth-order valence-corrected chi connectivity index (χ4v) is 3.02. The van der Waals surface area contributed by atoms with Gasteiger partial charge in [0.25, 0.3) is 5.91 Å². The molecule has 0 spiro atoms. The molecule has 0 unspecified atom stereocenters. The molecule has 0 N–H and O–H groups in total. The minimum Gasteiger partial charge on any atom is -0.329 e. The molecule has 0 atom stereocenters. The van der Waals surface area contributed by atoms with Crippen molar-refractivity contribution >= 4 is 17.2 Å². The zero-order chi connectivity index (χ0) is 14.8. The van der Waals surface area contributed by atoms with Crippen molar-refractivity contribution in [1.82, 2.24) is 9.88 Å². The Hall–Kier alpha value is -1.68. The minimum absolute atomic E-state index is 0.128. The lowest BCUT2D eigenvalue weighted by molar-refractivity contribution is 0.0730. The molecule has 0 saturated heterocycles. The molecule has 21 heavy (non-hydrogen) atoms. The van der Waals surface area contributed by atoms with E-state index in [0.717, 1.165) is 23.4 Å². The number of nitrogens with zero attached hydrogens (tertiary/aromatic N) is 2. The van der Waals surface area contributed by atoms with Gasteiger partial charge < -0.3 is 4.90 Å². The van der Waals surface area contributed by atoms with E-state index in [4.69, 9.17) is 0 Å². The number of amides is 1. The Morgan fingerprint density at radius 1 is 1.33 bits per heavy atom. The van der Waals surface area contributed by atoms with Crippen LogP contribution in [0.1, 0.15) is 53.5 Å². The number of rotatable bonds is 5. The Balaban J connectivity index is 1.77. The molecule has 1 aliphatic carbocycles. The summed E-state index contributed by atoms with van der Waals surface area (Å²) >= 11 is 1.61. The van der Waals surface area contributed by atoms with E-state index < -0.39 is 0 Å². The molecule has 1 heterocycles. The van der Waals surface area contributed by atoms with Crippen LogP contribution in [0.3, 0.4) is 0 Å². The second kappa shape index (κ2) is 5.98. The third kappa shape index (κ3) is 3.32. The van der Waals surface area contributed by atoms with Crippen molar-refractivity contribution in [3.63, 3.8) is 0 Å². The largest absolute Gasteiger partial charge is 0.329 e. The maximum atomic E-state index is 12.7. The van der Waals surface area contributed by atoms with Gasteiger partial charge in [-0.3, -0.25) is 4.79 Å². The van der Waals surface area contributed by atoms with Crippen LogP contribution >= 0.6 is 11.3 Å². The highest BCUT2D eigenvalue weighted by Crippen LogP contribution is 2.30. The summed E-state index contributed by atoms with van der Waals surface area (Å²) in [5.74, 6) is 0.618. The van der Waals surface area contributed by atoms with Crippen molar-refractivity contribution < 1.29 is 4.79 Å². The molecule has 2 aromatic rings. The molecule has 1 aromatic carbocycles. The summed E-state index contributed by atoms with van der Waals surface area (Å²) < 4.78 is 0. The number of benzene rings is 1. The van der Waals surface area contributed by atoms with E-state index in [1.165, 1.54) is 5.56 Å². The van der Waals surface area contributed by atoms with Gasteiger partial charge in [0.05, 0.1) is 6.54 Å². The molecular weight excluding hydrogens is 280 g/mol. The number of hydrogen-bond donors (Lipinski definition) is 0. The number of thiazole rings is 1. The Kier molecular flexibility index (Phi) is 4.06. The smallest absolute Gasteiger partial charge is 0.254 e. The predicted octanol–water partition coefficient (Wildman–Crippen LogP) is 4.07. The fourth-order valence-electron chi connectivity index (χ4n) is 2.41. The average Bonchev–Trinajstić information content (AvgIpc) is 3.20. The van der Waals surface area contributed by atoms with Crippen LogP contribution in [0.4, 0.5) is 0 Å². The van der Waals surface area contributed by atoms with Crippen molar-refractivity contribution in [3.05, 3.63) is 52.0 Å². The maximum absolute atomic E-state index is 12.7. The van der Waals surface area contributed by atoms with Gasteiger partial charge in [-0.15, -0.1) is 11.3 Å². The van der Waals surface area contributed by atoms with Gasteiger partial charge in [0.15, 0.2) is 0 Å². The van der Waals surface area contributed by atoms with Crippen LogP contribution in [-0.2, 0) is 6.54 Å². The first-order valence-electron chi connectivity index (χ1n) is 7.44. The van der Waals surface area contributed by atoms with E-state index >= 15 is 0 Å². The fraction of sp³-hybridized carbons (Fsp3) is 0.412. The van der Waals surface area contributed by atoms with Crippen molar-refractivity contribution in [1.29, 1.82) is 0 Å². The lowest BCUT2D eigenvalue weighted by Crippen LogP contribution is -2.32. The summed E-state index contributed by atoms with van der Waals surface area (Å²) in [7, 11) is 0. The Labute approximate surface area is 129 Å². The van der Waals surface area contributed by atoms with Gasteiger partial charge in [-0.1, -0.05) is 26.0 Å². The van der Waals surface area contributed by atoms with Crippen LogP contribution in [0, 0.1) is 0 Å². The van der Waals surface area contributed by atoms with Crippen molar-refractivity contribution in [2.24, 2.45) is 0 Å². The van der Waals surface area contributed by atoms with Crippen molar-refractivity contribution in [2.45, 2.75) is 45.2 Å². The Bertz CT molecular complexity index is 600. The highest BCUT2D eigenvalue weighted by atomic mass is 32.1. The van der Waals surface area contributed by atoms with Crippen molar-refractivity contribution in [3.8, 4) is 0 Å². The highest BCUT2D eigenvalue weighted by molar-refractivity contribution is 7.09. The van der Waals surface area contributed by atoms with Crippen LogP contribution in [-0.4, -0.2) is 21.8 Å². The van der Waals surface area contributed by atoms with Gasteiger partial charge in [-0.05, 0) is 36.5 Å². The lowest BCUT2D eigenvalue weighted by atomic mass is 10.0. The molecular formula is C17H20N2OS. The van der Waals surface area contributed by atoms with Gasteiger partial charge in [0, 0.05) is 23.2 Å². The highest BCUT2D eigenvalue weighted by Gasteiger charge is 2.33. The number of carbonyl (C=O) groups is 1. The van der Waals surface area contributed by atoms with E-state index in [0.29, 0.717) is 18.5 Å². The number of aromatic nitrogens is 1. The molecule has 4 heteroatoms. The predicted molar refractivity (Wildman–Crippen MR) is 85.5 cm³/mol. The maximum Gasteiger partial charge on any atom is 0.254 e. The monoisotopic (exact) mass is 300 g/mol. The normalized spacial score (nSPS) is 14.4. The summed E-state index contributed by atoms with van der Waals surface area (Å²) in [6.45, 7) is 4.96. The first-order valence-corrected chi connectivity index (χ1v) is 8.32. The molecule has 110 valence electrons. The Morgan fingerprint density at radius 3 is 2.57 bits per heavy atom. The van der Waals surface area contributed by atoms with Gasteiger partial charge in [0.2, 0.25) is 0 Å². The molecule has 1 aromatic heterocycles. The van der Waals surface area contributed by atoms with Crippen LogP contribution < -0.4 is 0 Å². The van der Waals surface area contributed by atoms with Gasteiger partial charge in [-0.25, -0.2) is 4.98 Å². The molecule has 1 fully saturated rings. The number of carbonyl (C=O) groups excluding carboxylic acids is 1. The van der Waals surface area contributed by atoms with E-state index in [9.17, 15) is 4.79 Å². The molecule has 0 aliphatic heterocycles. The summed E-state index contributed by atoms with van der Waals surface area (Å²) in [5, 5.41) is 2.97. The molecule has 0 bridgehead atoms. The third-order valence-corrected chi connectivity index (χ3v) is 4.63. The zero-order valence-corrected chi connectivity index (χ0v) is 13.3. The van der Waals surface area contributed by atoms with Gasteiger partial charge in [-0.2, -0.15) is 0 Å². The standard InChI is InChI=1S/C17H20N2OS/c1-12(2)13-3-5-14(6-4-13)17(20)19(15-7-8-15)11-16-18-9-10-21-16/h3-6,9-10,12,15H,7-8,11H2,1-2H3. The second-order valence-electron chi connectivity index (χ2n) is 5.87. The molecule has 1 amide bonds. The van der Waals surface area contributed by atoms with Crippen LogP contribution in [0.15, 0.2) is 35.8 Å². The topological polar surface area (TPSA) is 33.2 Å². The first-order chi connectivity index (χ1) is 10.1. The molecule has 3 nitrogen and oxygen atoms in total. The lowest BCUT2D eigenvalue weighted by Gasteiger charge is -2.21. The summed E-state index contributed by atoms with van der Waals surface area (Å²) in [5.41, 5.74) is 2.05. The van der Waals surface area contributed by atoms with Gasteiger partial charge in [0.1, 0.15) is 5.01 Å². The van der Waals surface area contributed by atoms with Crippen LogP contribution in [0.25, 0.3) is 0 Å². The summed E-state index contributed by atoms with van der Waals surface area (Å²) in [6, 6.07) is 8.42. The number of hydrogen-bond acceptors (Lipinski definition) is 3.